The van der Waals surface area contributed by atoms with Crippen LogP contribution in [0.3, 0.4) is 0 Å². The number of phenols is 1. The molecule has 2 heteroatoms. The van der Waals surface area contributed by atoms with Gasteiger partial charge in [0, 0.05) is 0 Å². The van der Waals surface area contributed by atoms with Gasteiger partial charge in [-0.05, 0) is 36.1 Å². The number of aromatic hydroxyl groups is 1. The summed E-state index contributed by atoms with van der Waals surface area (Å²) in [7, 11) is 0. The first-order valence-corrected chi connectivity index (χ1v) is 4.30. The Morgan fingerprint density at radius 2 is 2.00 bits per heavy atom. The van der Waals surface area contributed by atoms with E-state index in [9.17, 15) is 5.11 Å². The molecule has 13 heavy (non-hydrogen) atoms. The van der Waals surface area contributed by atoms with Crippen LogP contribution >= 0.6 is 0 Å². The SMILES string of the molecule is Cc1cc(C#N)cc(C(C)C)c1O. The Labute approximate surface area is 78.4 Å². The summed E-state index contributed by atoms with van der Waals surface area (Å²) >= 11 is 0. The molecule has 1 rings (SSSR count). The second kappa shape index (κ2) is 3.49. The van der Waals surface area contributed by atoms with Crippen LogP contribution < -0.4 is 0 Å². The maximum absolute atomic E-state index is 9.68. The Kier molecular flexibility index (Phi) is 2.57. The predicted molar refractivity (Wildman–Crippen MR) is 51.6 cm³/mol. The third-order valence-electron chi connectivity index (χ3n) is 2.08. The first-order chi connectivity index (χ1) is 6.06. The minimum absolute atomic E-state index is 0.243. The van der Waals surface area contributed by atoms with Crippen molar-refractivity contribution in [3.05, 3.63) is 28.8 Å². The van der Waals surface area contributed by atoms with Gasteiger partial charge in [0.25, 0.3) is 0 Å². The van der Waals surface area contributed by atoms with Gasteiger partial charge in [0.2, 0.25) is 0 Å². The molecule has 0 spiro atoms. The molecule has 0 aliphatic heterocycles. The van der Waals surface area contributed by atoms with Crippen molar-refractivity contribution in [2.45, 2.75) is 26.7 Å². The Hall–Kier alpha value is -1.49. The van der Waals surface area contributed by atoms with Gasteiger partial charge in [0.1, 0.15) is 5.75 Å². The molecule has 2 nitrogen and oxygen atoms in total. The number of benzene rings is 1. The fourth-order valence-corrected chi connectivity index (χ4v) is 1.31. The molecule has 0 radical (unpaired) electrons. The second-order valence-electron chi connectivity index (χ2n) is 3.50. The molecule has 0 unspecified atom stereocenters. The van der Waals surface area contributed by atoms with E-state index in [2.05, 4.69) is 6.07 Å². The molecule has 1 N–H and O–H groups in total. The summed E-state index contributed by atoms with van der Waals surface area (Å²) in [6, 6.07) is 5.52. The topological polar surface area (TPSA) is 44.0 Å². The van der Waals surface area contributed by atoms with E-state index >= 15 is 0 Å². The Bertz CT molecular complexity index is 361. The minimum Gasteiger partial charge on any atom is -0.507 e. The van der Waals surface area contributed by atoms with Gasteiger partial charge in [0.05, 0.1) is 11.6 Å². The lowest BCUT2D eigenvalue weighted by Crippen LogP contribution is -1.92. The highest BCUT2D eigenvalue weighted by molar-refractivity contribution is 5.48. The van der Waals surface area contributed by atoms with Crippen LogP contribution in [0, 0.1) is 18.3 Å². The van der Waals surface area contributed by atoms with Crippen LogP contribution in [0.1, 0.15) is 36.5 Å². The van der Waals surface area contributed by atoms with E-state index in [1.165, 1.54) is 0 Å². The maximum Gasteiger partial charge on any atom is 0.122 e. The maximum atomic E-state index is 9.68. The van der Waals surface area contributed by atoms with E-state index in [-0.39, 0.29) is 5.92 Å². The number of aryl methyl sites for hydroxylation is 1. The Morgan fingerprint density at radius 1 is 1.38 bits per heavy atom. The first-order valence-electron chi connectivity index (χ1n) is 4.30. The summed E-state index contributed by atoms with van der Waals surface area (Å²) in [5.74, 6) is 0.556. The molecule has 0 fully saturated rings. The van der Waals surface area contributed by atoms with E-state index < -0.39 is 0 Å². The van der Waals surface area contributed by atoms with Gasteiger partial charge in [-0.1, -0.05) is 13.8 Å². The molecule has 0 heterocycles. The van der Waals surface area contributed by atoms with Gasteiger partial charge in [0.15, 0.2) is 0 Å². The number of hydrogen-bond acceptors (Lipinski definition) is 2. The molecular formula is C11H13NO. The molecule has 1 aromatic rings. The van der Waals surface area contributed by atoms with Crippen LogP contribution in [0.25, 0.3) is 0 Å². The fourth-order valence-electron chi connectivity index (χ4n) is 1.31. The molecule has 0 atom stereocenters. The van der Waals surface area contributed by atoms with Crippen molar-refractivity contribution in [1.82, 2.24) is 0 Å². The zero-order chi connectivity index (χ0) is 10.0. The third kappa shape index (κ3) is 1.81. The van der Waals surface area contributed by atoms with Crippen molar-refractivity contribution < 1.29 is 5.11 Å². The number of nitriles is 1. The quantitative estimate of drug-likeness (QED) is 0.713. The van der Waals surface area contributed by atoms with Gasteiger partial charge in [-0.2, -0.15) is 5.26 Å². The zero-order valence-electron chi connectivity index (χ0n) is 8.13. The summed E-state index contributed by atoms with van der Waals surface area (Å²) < 4.78 is 0. The highest BCUT2D eigenvalue weighted by atomic mass is 16.3. The molecule has 0 saturated carbocycles. The molecule has 68 valence electrons. The van der Waals surface area contributed by atoms with Crippen LogP contribution in [-0.2, 0) is 0 Å². The normalized spacial score (nSPS) is 10.1. The average molecular weight is 175 g/mol. The largest absolute Gasteiger partial charge is 0.507 e. The lowest BCUT2D eigenvalue weighted by molar-refractivity contribution is 0.460. The standard InChI is InChI=1S/C11H13NO/c1-7(2)10-5-9(6-12)4-8(3)11(10)13/h4-5,7,13H,1-3H3. The minimum atomic E-state index is 0.243. The zero-order valence-corrected chi connectivity index (χ0v) is 8.13. The highest BCUT2D eigenvalue weighted by Crippen LogP contribution is 2.29. The molecule has 0 amide bonds. The lowest BCUT2D eigenvalue weighted by atomic mass is 9.97. The molecule has 0 aliphatic rings. The molecule has 0 bridgehead atoms. The lowest BCUT2D eigenvalue weighted by Gasteiger charge is -2.10. The van der Waals surface area contributed by atoms with E-state index in [1.807, 2.05) is 20.8 Å². The van der Waals surface area contributed by atoms with Gasteiger partial charge < -0.3 is 5.11 Å². The van der Waals surface area contributed by atoms with Crippen LogP contribution in [0.5, 0.6) is 5.75 Å². The number of rotatable bonds is 1. The van der Waals surface area contributed by atoms with E-state index in [4.69, 9.17) is 5.26 Å². The predicted octanol–water partition coefficient (Wildman–Crippen LogP) is 2.70. The Morgan fingerprint density at radius 3 is 2.46 bits per heavy atom. The van der Waals surface area contributed by atoms with Gasteiger partial charge >= 0.3 is 0 Å². The summed E-state index contributed by atoms with van der Waals surface area (Å²) in [6.07, 6.45) is 0. The summed E-state index contributed by atoms with van der Waals surface area (Å²) in [6.45, 7) is 5.80. The van der Waals surface area contributed by atoms with Crippen molar-refractivity contribution >= 4 is 0 Å². The van der Waals surface area contributed by atoms with Gasteiger partial charge in [-0.3, -0.25) is 0 Å². The fraction of sp³-hybridized carbons (Fsp3) is 0.364. The van der Waals surface area contributed by atoms with Crippen LogP contribution in [0.2, 0.25) is 0 Å². The van der Waals surface area contributed by atoms with E-state index in [0.717, 1.165) is 11.1 Å². The average Bonchev–Trinajstić information content (AvgIpc) is 2.09. The van der Waals surface area contributed by atoms with E-state index in [1.54, 1.807) is 12.1 Å². The Balaban J connectivity index is 3.35. The molecule has 0 saturated heterocycles. The number of nitrogens with zero attached hydrogens (tertiary/aromatic N) is 1. The van der Waals surface area contributed by atoms with Crippen LogP contribution in [0.4, 0.5) is 0 Å². The van der Waals surface area contributed by atoms with Crippen molar-refractivity contribution in [2.24, 2.45) is 0 Å². The van der Waals surface area contributed by atoms with Crippen molar-refractivity contribution in [1.29, 1.82) is 5.26 Å². The highest BCUT2D eigenvalue weighted by Gasteiger charge is 2.09. The third-order valence-corrected chi connectivity index (χ3v) is 2.08. The van der Waals surface area contributed by atoms with Gasteiger partial charge in [-0.15, -0.1) is 0 Å². The molecule has 0 aliphatic carbocycles. The van der Waals surface area contributed by atoms with Gasteiger partial charge in [-0.25, -0.2) is 0 Å². The van der Waals surface area contributed by atoms with Crippen LogP contribution in [0.15, 0.2) is 12.1 Å². The van der Waals surface area contributed by atoms with Crippen molar-refractivity contribution in [2.75, 3.05) is 0 Å². The van der Waals surface area contributed by atoms with Crippen molar-refractivity contribution in [3.8, 4) is 11.8 Å². The van der Waals surface area contributed by atoms with E-state index in [0.29, 0.717) is 11.3 Å². The summed E-state index contributed by atoms with van der Waals surface area (Å²) in [5, 5.41) is 18.4. The smallest absolute Gasteiger partial charge is 0.122 e. The summed E-state index contributed by atoms with van der Waals surface area (Å²) in [5.41, 5.74) is 2.22. The molecule has 1 aromatic carbocycles. The summed E-state index contributed by atoms with van der Waals surface area (Å²) in [4.78, 5) is 0. The molecular weight excluding hydrogens is 162 g/mol. The number of hydrogen-bond donors (Lipinski definition) is 1. The molecule has 0 aromatic heterocycles. The number of phenolic OH excluding ortho intramolecular Hbond substituents is 1. The van der Waals surface area contributed by atoms with Crippen molar-refractivity contribution in [3.63, 3.8) is 0 Å². The van der Waals surface area contributed by atoms with Crippen LogP contribution in [-0.4, -0.2) is 5.11 Å². The first kappa shape index (κ1) is 9.60. The monoisotopic (exact) mass is 175 g/mol. The second-order valence-corrected chi connectivity index (χ2v) is 3.50.